The number of ether oxygens (including phenoxy) is 1. The lowest BCUT2D eigenvalue weighted by atomic mass is 9.94. The monoisotopic (exact) mass is 478 g/mol. The van der Waals surface area contributed by atoms with Gasteiger partial charge in [0.25, 0.3) is 0 Å². The van der Waals surface area contributed by atoms with Crippen molar-refractivity contribution in [1.29, 1.82) is 0 Å². The SMILES string of the molecule is CCOc1ccc(-c2c(F)cc(NC(=O)C3(c4cccc(Cl)c4)CC3)cc2-c2nnn[nH]2)cn1. The summed E-state index contributed by atoms with van der Waals surface area (Å²) in [6.07, 6.45) is 2.90. The van der Waals surface area contributed by atoms with Crippen LogP contribution in [0.4, 0.5) is 10.1 Å². The highest BCUT2D eigenvalue weighted by atomic mass is 35.5. The topological polar surface area (TPSA) is 106 Å². The Bertz CT molecular complexity index is 1340. The lowest BCUT2D eigenvalue weighted by Gasteiger charge is -2.18. The van der Waals surface area contributed by atoms with E-state index in [1.165, 1.54) is 12.3 Å². The van der Waals surface area contributed by atoms with Gasteiger partial charge >= 0.3 is 0 Å². The molecule has 1 fully saturated rings. The van der Waals surface area contributed by atoms with Crippen LogP contribution < -0.4 is 10.1 Å². The third-order valence-corrected chi connectivity index (χ3v) is 6.06. The van der Waals surface area contributed by atoms with Gasteiger partial charge in [-0.1, -0.05) is 23.7 Å². The predicted octanol–water partition coefficient (Wildman–Crippen LogP) is 4.79. The first-order valence-corrected chi connectivity index (χ1v) is 11.1. The molecule has 0 aliphatic heterocycles. The Hall–Kier alpha value is -3.85. The van der Waals surface area contributed by atoms with Crippen molar-refractivity contribution in [2.24, 2.45) is 0 Å². The summed E-state index contributed by atoms with van der Waals surface area (Å²) in [4.78, 5) is 17.5. The molecule has 0 atom stereocenters. The molecule has 34 heavy (non-hydrogen) atoms. The Balaban J connectivity index is 1.51. The number of aromatic nitrogens is 5. The van der Waals surface area contributed by atoms with Crippen LogP contribution in [0.2, 0.25) is 5.02 Å². The first kappa shape index (κ1) is 22.0. The molecule has 5 rings (SSSR count). The molecule has 2 aromatic carbocycles. The van der Waals surface area contributed by atoms with Crippen LogP contribution in [0.5, 0.6) is 5.88 Å². The molecular formula is C24H20ClFN6O2. The summed E-state index contributed by atoms with van der Waals surface area (Å²) in [5, 5.41) is 17.3. The number of hydrogen-bond donors (Lipinski definition) is 2. The summed E-state index contributed by atoms with van der Waals surface area (Å²) < 4.78 is 20.8. The van der Waals surface area contributed by atoms with Gasteiger partial charge in [0.1, 0.15) is 5.82 Å². The standard InChI is InChI=1S/C24H20ClFN6O2/c1-2-34-20-7-6-14(13-27-20)21-18(22-29-31-32-30-22)11-17(12-19(21)26)28-23(33)24(8-9-24)15-4-3-5-16(25)10-15/h3-7,10-13H,2,8-9H2,1H3,(H,28,33)(H,29,30,31,32). The number of anilines is 1. The van der Waals surface area contributed by atoms with Crippen LogP contribution in [-0.4, -0.2) is 38.1 Å². The number of H-pyrrole nitrogens is 1. The van der Waals surface area contributed by atoms with Crippen molar-refractivity contribution in [3.05, 3.63) is 71.1 Å². The largest absolute Gasteiger partial charge is 0.478 e. The van der Waals surface area contributed by atoms with Crippen LogP contribution in [0.3, 0.4) is 0 Å². The smallest absolute Gasteiger partial charge is 0.235 e. The second-order valence-corrected chi connectivity index (χ2v) is 8.43. The minimum Gasteiger partial charge on any atom is -0.478 e. The van der Waals surface area contributed by atoms with E-state index < -0.39 is 11.2 Å². The molecular weight excluding hydrogens is 459 g/mol. The first-order valence-electron chi connectivity index (χ1n) is 10.7. The molecule has 0 radical (unpaired) electrons. The first-order chi connectivity index (χ1) is 16.5. The summed E-state index contributed by atoms with van der Waals surface area (Å²) in [7, 11) is 0. The molecule has 4 aromatic rings. The number of nitrogens with zero attached hydrogens (tertiary/aromatic N) is 4. The zero-order chi connectivity index (χ0) is 23.7. The van der Waals surface area contributed by atoms with Crippen molar-refractivity contribution in [3.8, 4) is 28.4 Å². The third-order valence-electron chi connectivity index (χ3n) is 5.83. The van der Waals surface area contributed by atoms with Gasteiger partial charge in [-0.25, -0.2) is 14.5 Å². The highest BCUT2D eigenvalue weighted by Gasteiger charge is 2.51. The summed E-state index contributed by atoms with van der Waals surface area (Å²) >= 11 is 6.13. The van der Waals surface area contributed by atoms with E-state index in [9.17, 15) is 4.79 Å². The maximum Gasteiger partial charge on any atom is 0.235 e. The molecule has 1 amide bonds. The second-order valence-electron chi connectivity index (χ2n) is 8.00. The van der Waals surface area contributed by atoms with Crippen molar-refractivity contribution in [2.75, 3.05) is 11.9 Å². The summed E-state index contributed by atoms with van der Waals surface area (Å²) in [5.41, 5.74) is 1.62. The Morgan fingerprint density at radius 1 is 1.24 bits per heavy atom. The number of aromatic amines is 1. The molecule has 8 nitrogen and oxygen atoms in total. The minimum absolute atomic E-state index is 0.216. The minimum atomic E-state index is -0.674. The highest BCUT2D eigenvalue weighted by Crippen LogP contribution is 2.49. The molecule has 2 heterocycles. The van der Waals surface area contributed by atoms with Gasteiger partial charge in [0.2, 0.25) is 11.8 Å². The molecule has 2 aromatic heterocycles. The molecule has 0 saturated heterocycles. The summed E-state index contributed by atoms with van der Waals surface area (Å²) in [5.74, 6) is -0.0712. The zero-order valence-corrected chi connectivity index (χ0v) is 18.9. The lowest BCUT2D eigenvalue weighted by Crippen LogP contribution is -2.27. The van der Waals surface area contributed by atoms with E-state index >= 15 is 4.39 Å². The molecule has 10 heteroatoms. The molecule has 0 unspecified atom stereocenters. The average Bonchev–Trinajstić information content (AvgIpc) is 3.46. The van der Waals surface area contributed by atoms with Crippen LogP contribution in [0.15, 0.2) is 54.7 Å². The van der Waals surface area contributed by atoms with Gasteiger partial charge in [-0.3, -0.25) is 4.79 Å². The van der Waals surface area contributed by atoms with Gasteiger partial charge in [0.15, 0.2) is 5.82 Å². The van der Waals surface area contributed by atoms with Crippen molar-refractivity contribution in [3.63, 3.8) is 0 Å². The Morgan fingerprint density at radius 3 is 2.74 bits per heavy atom. The lowest BCUT2D eigenvalue weighted by molar-refractivity contribution is -0.118. The summed E-state index contributed by atoms with van der Waals surface area (Å²) in [6, 6.07) is 13.6. The fraction of sp³-hybridized carbons (Fsp3) is 0.208. The molecule has 2 N–H and O–H groups in total. The fourth-order valence-corrected chi connectivity index (χ4v) is 4.19. The van der Waals surface area contributed by atoms with Crippen LogP contribution in [0, 0.1) is 5.82 Å². The predicted molar refractivity (Wildman–Crippen MR) is 125 cm³/mol. The van der Waals surface area contributed by atoms with Gasteiger partial charge in [-0.15, -0.1) is 5.10 Å². The number of benzene rings is 2. The van der Waals surface area contributed by atoms with E-state index in [0.29, 0.717) is 47.2 Å². The van der Waals surface area contributed by atoms with E-state index in [1.54, 1.807) is 30.3 Å². The van der Waals surface area contributed by atoms with E-state index in [1.807, 2.05) is 19.1 Å². The van der Waals surface area contributed by atoms with Crippen LogP contribution in [0.25, 0.3) is 22.5 Å². The number of halogens is 2. The molecule has 0 spiro atoms. The molecule has 1 saturated carbocycles. The van der Waals surface area contributed by atoms with Gasteiger partial charge in [0, 0.05) is 39.7 Å². The number of nitrogens with one attached hydrogen (secondary N) is 2. The van der Waals surface area contributed by atoms with E-state index in [4.69, 9.17) is 16.3 Å². The Kier molecular flexibility index (Phi) is 5.70. The Morgan fingerprint density at radius 2 is 2.09 bits per heavy atom. The summed E-state index contributed by atoms with van der Waals surface area (Å²) in [6.45, 7) is 2.33. The number of carbonyl (C=O) groups is 1. The van der Waals surface area contributed by atoms with Crippen molar-refractivity contribution < 1.29 is 13.9 Å². The molecule has 172 valence electrons. The second kappa shape index (κ2) is 8.83. The highest BCUT2D eigenvalue weighted by molar-refractivity contribution is 6.30. The van der Waals surface area contributed by atoms with Gasteiger partial charge in [-0.05, 0) is 66.1 Å². The maximum atomic E-state index is 15.5. The van der Waals surface area contributed by atoms with Gasteiger partial charge in [-0.2, -0.15) is 0 Å². The zero-order valence-electron chi connectivity index (χ0n) is 18.2. The van der Waals surface area contributed by atoms with Gasteiger partial charge in [0.05, 0.1) is 12.0 Å². The molecule has 1 aliphatic rings. The van der Waals surface area contributed by atoms with E-state index in [-0.39, 0.29) is 17.3 Å². The van der Waals surface area contributed by atoms with E-state index in [2.05, 4.69) is 30.9 Å². The molecule has 1 aliphatic carbocycles. The van der Waals surface area contributed by atoms with E-state index in [0.717, 1.165) is 5.56 Å². The van der Waals surface area contributed by atoms with Gasteiger partial charge < -0.3 is 10.1 Å². The third kappa shape index (κ3) is 4.10. The van der Waals surface area contributed by atoms with Crippen molar-refractivity contribution in [2.45, 2.75) is 25.2 Å². The van der Waals surface area contributed by atoms with Crippen molar-refractivity contribution >= 4 is 23.2 Å². The number of pyridine rings is 1. The van der Waals surface area contributed by atoms with Crippen LogP contribution in [0.1, 0.15) is 25.3 Å². The number of hydrogen-bond acceptors (Lipinski definition) is 6. The average molecular weight is 479 g/mol. The number of tetrazole rings is 1. The fourth-order valence-electron chi connectivity index (χ4n) is 4.00. The van der Waals surface area contributed by atoms with Crippen molar-refractivity contribution in [1.82, 2.24) is 25.6 Å². The van der Waals surface area contributed by atoms with Crippen LogP contribution in [-0.2, 0) is 10.2 Å². The quantitative estimate of drug-likeness (QED) is 0.395. The number of carbonyl (C=O) groups excluding carboxylic acids is 1. The normalized spacial score (nSPS) is 14.0. The number of rotatable bonds is 7. The Labute approximate surface area is 199 Å². The number of amides is 1. The van der Waals surface area contributed by atoms with Crippen LogP contribution >= 0.6 is 11.6 Å². The maximum absolute atomic E-state index is 15.5. The molecule has 0 bridgehead atoms.